The van der Waals surface area contributed by atoms with Crippen molar-refractivity contribution in [1.82, 2.24) is 14.6 Å². The number of nitrogens with zero attached hydrogens (tertiary/aromatic N) is 3. The molecule has 0 saturated heterocycles. The van der Waals surface area contributed by atoms with Crippen LogP contribution in [0.15, 0.2) is 71.5 Å². The minimum absolute atomic E-state index is 0.0706. The van der Waals surface area contributed by atoms with E-state index in [0.717, 1.165) is 11.3 Å². The number of phenolic OH excluding ortho intramolecular Hbond substituents is 1. The Morgan fingerprint density at radius 2 is 1.88 bits per heavy atom. The molecule has 0 spiro atoms. The largest absolute Gasteiger partial charge is 0.507 e. The molecule has 0 amide bonds. The second kappa shape index (κ2) is 6.14. The van der Waals surface area contributed by atoms with Gasteiger partial charge < -0.3 is 5.11 Å². The summed E-state index contributed by atoms with van der Waals surface area (Å²) in [6.45, 7) is 0. The quantitative estimate of drug-likeness (QED) is 0.532. The Balaban J connectivity index is 1.76. The van der Waals surface area contributed by atoms with Crippen molar-refractivity contribution in [3.8, 4) is 17.0 Å². The van der Waals surface area contributed by atoms with E-state index in [4.69, 9.17) is 0 Å². The molecule has 4 rings (SSSR count). The Bertz CT molecular complexity index is 1090. The van der Waals surface area contributed by atoms with E-state index in [9.17, 15) is 9.90 Å². The fourth-order valence-corrected chi connectivity index (χ4v) is 2.95. The van der Waals surface area contributed by atoms with E-state index in [0.29, 0.717) is 15.7 Å². The minimum atomic E-state index is -0.315. The summed E-state index contributed by atoms with van der Waals surface area (Å²) in [6, 6.07) is 16.4. The van der Waals surface area contributed by atoms with Crippen molar-refractivity contribution in [3.63, 3.8) is 0 Å². The van der Waals surface area contributed by atoms with Gasteiger partial charge in [0.25, 0.3) is 0 Å². The van der Waals surface area contributed by atoms with Gasteiger partial charge in [0.2, 0.25) is 0 Å². The summed E-state index contributed by atoms with van der Waals surface area (Å²) < 4.78 is 2.29. The lowest BCUT2D eigenvalue weighted by molar-refractivity contribution is 0.103. The van der Waals surface area contributed by atoms with Crippen LogP contribution >= 0.6 is 15.9 Å². The first-order valence-electron chi connectivity index (χ1n) is 7.56. The number of halogens is 1. The topological polar surface area (TPSA) is 67.5 Å². The molecule has 0 radical (unpaired) electrons. The lowest BCUT2D eigenvalue weighted by Crippen LogP contribution is -2.05. The number of rotatable bonds is 3. The van der Waals surface area contributed by atoms with E-state index < -0.39 is 0 Å². The van der Waals surface area contributed by atoms with Crippen molar-refractivity contribution in [2.24, 2.45) is 0 Å². The van der Waals surface area contributed by atoms with Crippen molar-refractivity contribution in [3.05, 3.63) is 82.6 Å². The van der Waals surface area contributed by atoms with Crippen LogP contribution in [-0.2, 0) is 0 Å². The van der Waals surface area contributed by atoms with Crippen molar-refractivity contribution < 1.29 is 9.90 Å². The molecule has 0 unspecified atom stereocenters. The first-order valence-corrected chi connectivity index (χ1v) is 8.35. The first kappa shape index (κ1) is 15.5. The lowest BCUT2D eigenvalue weighted by Gasteiger charge is -2.04. The third-order valence-corrected chi connectivity index (χ3v) is 4.34. The van der Waals surface area contributed by atoms with Gasteiger partial charge in [0.05, 0.1) is 16.8 Å². The highest BCUT2D eigenvalue weighted by Gasteiger charge is 2.16. The number of carbonyl (C=O) groups excluding carboxylic acids is 1. The zero-order valence-corrected chi connectivity index (χ0v) is 14.5. The van der Waals surface area contributed by atoms with E-state index in [1.165, 1.54) is 12.3 Å². The van der Waals surface area contributed by atoms with Crippen LogP contribution in [0.2, 0.25) is 0 Å². The number of carbonyl (C=O) groups is 1. The zero-order chi connectivity index (χ0) is 17.4. The molecule has 4 aromatic rings. The molecule has 0 bridgehead atoms. The van der Waals surface area contributed by atoms with Gasteiger partial charge >= 0.3 is 0 Å². The highest BCUT2D eigenvalue weighted by atomic mass is 79.9. The summed E-state index contributed by atoms with van der Waals surface area (Å²) in [5.74, 6) is -0.385. The maximum Gasteiger partial charge on any atom is 0.199 e. The monoisotopic (exact) mass is 393 g/mol. The van der Waals surface area contributed by atoms with Crippen LogP contribution in [0.1, 0.15) is 15.9 Å². The number of hydrogen-bond donors (Lipinski definition) is 1. The molecule has 2 aromatic heterocycles. The number of aromatic nitrogens is 3. The summed E-state index contributed by atoms with van der Waals surface area (Å²) in [7, 11) is 0. The van der Waals surface area contributed by atoms with Gasteiger partial charge in [0, 0.05) is 28.5 Å². The number of aromatic hydroxyl groups is 1. The fourth-order valence-electron chi connectivity index (χ4n) is 2.59. The highest BCUT2D eigenvalue weighted by molar-refractivity contribution is 9.10. The van der Waals surface area contributed by atoms with Crippen LogP contribution in [0.5, 0.6) is 5.75 Å². The van der Waals surface area contributed by atoms with Crippen LogP contribution < -0.4 is 0 Å². The molecule has 1 N–H and O–H groups in total. The second-order valence-corrected chi connectivity index (χ2v) is 6.45. The Hall–Kier alpha value is -2.99. The van der Waals surface area contributed by atoms with E-state index in [-0.39, 0.29) is 17.1 Å². The van der Waals surface area contributed by atoms with E-state index in [1.54, 1.807) is 22.8 Å². The van der Waals surface area contributed by atoms with E-state index in [2.05, 4.69) is 26.0 Å². The van der Waals surface area contributed by atoms with Crippen LogP contribution in [-0.4, -0.2) is 25.5 Å². The molecule has 0 saturated carbocycles. The predicted molar refractivity (Wildman–Crippen MR) is 97.7 cm³/mol. The molecule has 0 fully saturated rings. The van der Waals surface area contributed by atoms with Gasteiger partial charge in [0.1, 0.15) is 5.75 Å². The second-order valence-electron chi connectivity index (χ2n) is 5.53. The molecule has 5 nitrogen and oxygen atoms in total. The Morgan fingerprint density at radius 1 is 1.08 bits per heavy atom. The van der Waals surface area contributed by atoms with E-state index >= 15 is 0 Å². The molecule has 0 atom stereocenters. The van der Waals surface area contributed by atoms with Crippen LogP contribution in [0.3, 0.4) is 0 Å². The molecular weight excluding hydrogens is 382 g/mol. The molecular formula is C19H12BrN3O2. The van der Waals surface area contributed by atoms with Crippen molar-refractivity contribution in [2.75, 3.05) is 0 Å². The maximum absolute atomic E-state index is 12.7. The summed E-state index contributed by atoms with van der Waals surface area (Å²) in [5.41, 5.74) is 2.97. The van der Waals surface area contributed by atoms with Gasteiger partial charge in [0.15, 0.2) is 11.4 Å². The van der Waals surface area contributed by atoms with Crippen LogP contribution in [0.25, 0.3) is 16.9 Å². The molecule has 0 aliphatic carbocycles. The standard InChI is InChI=1S/C19H12BrN3O2/c20-14-6-7-17(24)15(8-14)19(25)13-10-21-18-9-16(22-23(18)11-13)12-4-2-1-3-5-12/h1-11,24H. The normalized spacial score (nSPS) is 10.9. The van der Waals surface area contributed by atoms with Gasteiger partial charge in [-0.2, -0.15) is 5.10 Å². The summed E-state index contributed by atoms with van der Waals surface area (Å²) in [5, 5.41) is 14.4. The lowest BCUT2D eigenvalue weighted by atomic mass is 10.1. The zero-order valence-electron chi connectivity index (χ0n) is 12.9. The Kier molecular flexibility index (Phi) is 3.82. The minimum Gasteiger partial charge on any atom is -0.507 e. The highest BCUT2D eigenvalue weighted by Crippen LogP contribution is 2.25. The predicted octanol–water partition coefficient (Wildman–Crippen LogP) is 4.10. The average Bonchev–Trinajstić information content (AvgIpc) is 3.07. The van der Waals surface area contributed by atoms with Crippen LogP contribution in [0, 0.1) is 0 Å². The van der Waals surface area contributed by atoms with Gasteiger partial charge in [-0.15, -0.1) is 0 Å². The summed E-state index contributed by atoms with van der Waals surface area (Å²) in [6.07, 6.45) is 3.12. The van der Waals surface area contributed by atoms with Gasteiger partial charge in [-0.3, -0.25) is 4.79 Å². The molecule has 6 heteroatoms. The van der Waals surface area contributed by atoms with Crippen LogP contribution in [0.4, 0.5) is 0 Å². The number of ketones is 1. The Labute approximate surface area is 151 Å². The number of hydrogen-bond acceptors (Lipinski definition) is 4. The smallest absolute Gasteiger partial charge is 0.199 e. The van der Waals surface area contributed by atoms with Crippen molar-refractivity contribution >= 4 is 27.4 Å². The van der Waals surface area contributed by atoms with Gasteiger partial charge in [-0.05, 0) is 18.2 Å². The average molecular weight is 394 g/mol. The SMILES string of the molecule is O=C(c1cnc2cc(-c3ccccc3)nn2c1)c1cc(Br)ccc1O. The molecule has 2 heterocycles. The summed E-state index contributed by atoms with van der Waals surface area (Å²) in [4.78, 5) is 17.0. The number of benzene rings is 2. The number of fused-ring (bicyclic) bond motifs is 1. The van der Waals surface area contributed by atoms with Crippen molar-refractivity contribution in [2.45, 2.75) is 0 Å². The van der Waals surface area contributed by atoms with Gasteiger partial charge in [-0.25, -0.2) is 9.50 Å². The molecule has 0 aliphatic rings. The molecule has 0 aliphatic heterocycles. The van der Waals surface area contributed by atoms with Crippen molar-refractivity contribution in [1.29, 1.82) is 0 Å². The maximum atomic E-state index is 12.7. The third kappa shape index (κ3) is 2.92. The third-order valence-electron chi connectivity index (χ3n) is 3.85. The first-order chi connectivity index (χ1) is 12.1. The number of phenols is 1. The summed E-state index contributed by atoms with van der Waals surface area (Å²) >= 11 is 3.31. The molecule has 25 heavy (non-hydrogen) atoms. The van der Waals surface area contributed by atoms with E-state index in [1.807, 2.05) is 36.4 Å². The van der Waals surface area contributed by atoms with Gasteiger partial charge in [-0.1, -0.05) is 46.3 Å². The molecule has 122 valence electrons. The Morgan fingerprint density at radius 3 is 2.68 bits per heavy atom. The molecule has 2 aromatic carbocycles. The fraction of sp³-hybridized carbons (Fsp3) is 0.